The Bertz CT molecular complexity index is 2760. The maximum atomic E-state index is 5.18. The molecule has 0 saturated carbocycles. The van der Waals surface area contributed by atoms with Crippen molar-refractivity contribution in [2.75, 3.05) is 18.6 Å². The van der Waals surface area contributed by atoms with Crippen LogP contribution in [0.25, 0.3) is 44.4 Å². The van der Waals surface area contributed by atoms with Crippen molar-refractivity contribution in [1.82, 2.24) is 23.8 Å². The van der Waals surface area contributed by atoms with Crippen LogP contribution in [0.15, 0.2) is 134 Å². The van der Waals surface area contributed by atoms with Gasteiger partial charge in [-0.3, -0.25) is 8.97 Å². The van der Waals surface area contributed by atoms with Gasteiger partial charge in [-0.05, 0) is 94.6 Å². The number of imidazole rings is 1. The Morgan fingerprint density at radius 1 is 0.679 bits per heavy atom. The Kier molecular flexibility index (Phi) is 6.66. The Hall–Kier alpha value is -6.14. The van der Waals surface area contributed by atoms with Crippen LogP contribution in [-0.4, -0.2) is 37.6 Å². The van der Waals surface area contributed by atoms with Gasteiger partial charge in [0.25, 0.3) is 0 Å². The lowest BCUT2D eigenvalue weighted by molar-refractivity contribution is 0.494. The van der Waals surface area contributed by atoms with E-state index in [0.29, 0.717) is 0 Å². The molecule has 1 aliphatic heterocycles. The molecule has 260 valence electrons. The van der Waals surface area contributed by atoms with Crippen molar-refractivity contribution < 1.29 is 0 Å². The standard InChI is InChI=1S/C47H42N6/c1-30-31(2)52-44(49-30)27-34(28-45(52)51-24-23-50(6)29-51)47(39-16-10-7-13-35(39)36-14-8-11-17-40(36)47)33-19-20-38-37-15-9-12-18-41(37)53(42(38)25-33)43-26-32(21-22-48-43)46(3,4)5/h7-28H,29H2,1-6H3. The fraction of sp³-hybridized carbons (Fsp3) is 0.191. The predicted molar refractivity (Wildman–Crippen MR) is 217 cm³/mol. The van der Waals surface area contributed by atoms with Crippen molar-refractivity contribution >= 4 is 33.3 Å². The molecule has 2 aliphatic rings. The summed E-state index contributed by atoms with van der Waals surface area (Å²) in [5.41, 5.74) is 13.6. The summed E-state index contributed by atoms with van der Waals surface area (Å²) >= 11 is 0. The first-order chi connectivity index (χ1) is 25.6. The van der Waals surface area contributed by atoms with Crippen LogP contribution < -0.4 is 4.90 Å². The lowest BCUT2D eigenvalue weighted by Crippen LogP contribution is -2.30. The van der Waals surface area contributed by atoms with Gasteiger partial charge < -0.3 is 9.80 Å². The van der Waals surface area contributed by atoms with E-state index in [-0.39, 0.29) is 5.41 Å². The van der Waals surface area contributed by atoms with Gasteiger partial charge in [0.05, 0.1) is 28.8 Å². The largest absolute Gasteiger partial charge is 0.361 e. The summed E-state index contributed by atoms with van der Waals surface area (Å²) in [6, 6.07) is 43.0. The second-order valence-corrected chi connectivity index (χ2v) is 15.8. The molecule has 0 N–H and O–H groups in total. The van der Waals surface area contributed by atoms with E-state index >= 15 is 0 Å². The molecule has 0 saturated heterocycles. The van der Waals surface area contributed by atoms with Crippen LogP contribution in [0.1, 0.15) is 60.0 Å². The van der Waals surface area contributed by atoms with E-state index in [1.807, 2.05) is 6.20 Å². The third-order valence-electron chi connectivity index (χ3n) is 11.7. The number of hydrogen-bond acceptors (Lipinski definition) is 4. The van der Waals surface area contributed by atoms with E-state index in [9.17, 15) is 0 Å². The summed E-state index contributed by atoms with van der Waals surface area (Å²) in [6.45, 7) is 11.8. The second-order valence-electron chi connectivity index (χ2n) is 15.8. The third kappa shape index (κ3) is 4.45. The van der Waals surface area contributed by atoms with Crippen LogP contribution in [0.3, 0.4) is 0 Å². The highest BCUT2D eigenvalue weighted by molar-refractivity contribution is 6.09. The summed E-state index contributed by atoms with van der Waals surface area (Å²) in [7, 11) is 2.12. The molecule has 53 heavy (non-hydrogen) atoms. The van der Waals surface area contributed by atoms with Crippen LogP contribution >= 0.6 is 0 Å². The van der Waals surface area contributed by atoms with Gasteiger partial charge in [0, 0.05) is 42.1 Å². The van der Waals surface area contributed by atoms with Crippen molar-refractivity contribution in [2.24, 2.45) is 0 Å². The second kappa shape index (κ2) is 11.2. The number of aryl methyl sites for hydroxylation is 2. The molecule has 0 atom stereocenters. The minimum Gasteiger partial charge on any atom is -0.361 e. The van der Waals surface area contributed by atoms with Gasteiger partial charge >= 0.3 is 0 Å². The number of anilines is 1. The van der Waals surface area contributed by atoms with Crippen LogP contribution in [0, 0.1) is 13.8 Å². The van der Waals surface area contributed by atoms with E-state index in [1.54, 1.807) is 0 Å². The number of fused-ring (bicyclic) bond motifs is 7. The van der Waals surface area contributed by atoms with Crippen molar-refractivity contribution in [3.8, 4) is 16.9 Å². The van der Waals surface area contributed by atoms with Crippen LogP contribution in [0.2, 0.25) is 0 Å². The monoisotopic (exact) mass is 690 g/mol. The van der Waals surface area contributed by atoms with E-state index in [0.717, 1.165) is 46.4 Å². The Morgan fingerprint density at radius 2 is 1.38 bits per heavy atom. The van der Waals surface area contributed by atoms with E-state index < -0.39 is 5.41 Å². The average Bonchev–Trinajstić information content (AvgIpc) is 3.90. The highest BCUT2D eigenvalue weighted by atomic mass is 15.4. The number of pyridine rings is 2. The molecule has 0 fully saturated rings. The van der Waals surface area contributed by atoms with Crippen molar-refractivity contribution in [3.05, 3.63) is 173 Å². The molecule has 0 radical (unpaired) electrons. The van der Waals surface area contributed by atoms with Gasteiger partial charge in [0.1, 0.15) is 17.3 Å². The maximum Gasteiger partial charge on any atom is 0.139 e. The number of benzene rings is 4. The maximum absolute atomic E-state index is 5.18. The third-order valence-corrected chi connectivity index (χ3v) is 11.7. The van der Waals surface area contributed by atoms with Crippen molar-refractivity contribution in [1.29, 1.82) is 0 Å². The molecule has 4 aromatic heterocycles. The highest BCUT2D eigenvalue weighted by Crippen LogP contribution is 2.57. The minimum absolute atomic E-state index is 0.0117. The first-order valence-corrected chi connectivity index (χ1v) is 18.5. The number of para-hydroxylation sites is 1. The smallest absolute Gasteiger partial charge is 0.139 e. The Morgan fingerprint density at radius 3 is 2.09 bits per heavy atom. The molecule has 8 aromatic rings. The SMILES string of the molecule is Cc1nc2cc(C3(c4ccc5c6ccccc6n(-c6cc(C(C)(C)C)ccn6)c5c4)c4ccccc4-c4ccccc43)cc(N3C=CN(C)C3)n2c1C. The van der Waals surface area contributed by atoms with E-state index in [4.69, 9.17) is 9.97 Å². The molecular weight excluding hydrogens is 649 g/mol. The first-order valence-electron chi connectivity index (χ1n) is 18.5. The van der Waals surface area contributed by atoms with Crippen LogP contribution in [-0.2, 0) is 10.8 Å². The molecule has 10 rings (SSSR count). The summed E-state index contributed by atoms with van der Waals surface area (Å²) in [6.07, 6.45) is 6.28. The molecule has 5 heterocycles. The molecule has 1 aliphatic carbocycles. The van der Waals surface area contributed by atoms with Gasteiger partial charge in [-0.1, -0.05) is 99.6 Å². The summed E-state index contributed by atoms with van der Waals surface area (Å²) < 4.78 is 4.68. The van der Waals surface area contributed by atoms with Gasteiger partial charge in [-0.25, -0.2) is 9.97 Å². The first kappa shape index (κ1) is 31.6. The van der Waals surface area contributed by atoms with Gasteiger partial charge in [0.2, 0.25) is 0 Å². The number of rotatable bonds is 4. The van der Waals surface area contributed by atoms with E-state index in [2.05, 4.69) is 188 Å². The lowest BCUT2D eigenvalue weighted by atomic mass is 9.67. The number of aromatic nitrogens is 4. The molecule has 6 nitrogen and oxygen atoms in total. The van der Waals surface area contributed by atoms with Gasteiger partial charge in [0.15, 0.2) is 0 Å². The summed E-state index contributed by atoms with van der Waals surface area (Å²) in [5.74, 6) is 2.04. The Balaban J connectivity index is 1.34. The molecule has 6 heteroatoms. The lowest BCUT2D eigenvalue weighted by Gasteiger charge is -2.35. The number of hydrogen-bond donors (Lipinski definition) is 0. The zero-order chi connectivity index (χ0) is 36.2. The molecule has 4 aromatic carbocycles. The van der Waals surface area contributed by atoms with Crippen molar-refractivity contribution in [3.63, 3.8) is 0 Å². The van der Waals surface area contributed by atoms with E-state index in [1.165, 1.54) is 49.7 Å². The fourth-order valence-electron chi connectivity index (χ4n) is 8.99. The van der Waals surface area contributed by atoms with Crippen molar-refractivity contribution in [2.45, 2.75) is 45.4 Å². The molecular formula is C47H42N6. The summed E-state index contributed by atoms with van der Waals surface area (Å²) in [5, 5.41) is 2.43. The zero-order valence-corrected chi connectivity index (χ0v) is 31.1. The average molecular weight is 691 g/mol. The minimum atomic E-state index is -0.622. The molecule has 0 bridgehead atoms. The molecule has 0 unspecified atom stereocenters. The Labute approximate surface area is 310 Å². The van der Waals surface area contributed by atoms with Gasteiger partial charge in [-0.2, -0.15) is 0 Å². The highest BCUT2D eigenvalue weighted by Gasteiger charge is 2.47. The summed E-state index contributed by atoms with van der Waals surface area (Å²) in [4.78, 5) is 14.7. The topological polar surface area (TPSA) is 41.6 Å². The van der Waals surface area contributed by atoms with Crippen LogP contribution in [0.5, 0.6) is 0 Å². The molecule has 0 amide bonds. The fourth-order valence-corrected chi connectivity index (χ4v) is 8.99. The quantitative estimate of drug-likeness (QED) is 0.184. The normalized spacial score (nSPS) is 14.9. The number of nitrogens with zero attached hydrogens (tertiary/aromatic N) is 6. The zero-order valence-electron chi connectivity index (χ0n) is 31.1. The molecule has 0 spiro atoms. The van der Waals surface area contributed by atoms with Gasteiger partial charge in [-0.15, -0.1) is 0 Å². The van der Waals surface area contributed by atoms with Crippen LogP contribution in [0.4, 0.5) is 5.82 Å². The predicted octanol–water partition coefficient (Wildman–Crippen LogP) is 10.3.